The summed E-state index contributed by atoms with van der Waals surface area (Å²) in [6, 6.07) is -1.03. The minimum atomic E-state index is -1.13. The average Bonchev–Trinajstić information content (AvgIpc) is 2.99. The number of thiazole rings is 1. The van der Waals surface area contributed by atoms with Gasteiger partial charge in [-0.05, 0) is 0 Å². The van der Waals surface area contributed by atoms with Crippen molar-refractivity contribution < 1.29 is 19.5 Å². The van der Waals surface area contributed by atoms with Crippen LogP contribution < -0.4 is 5.32 Å². The highest BCUT2D eigenvalue weighted by molar-refractivity contribution is 7.15. The summed E-state index contributed by atoms with van der Waals surface area (Å²) in [5, 5.41) is 13.5. The monoisotopic (exact) mass is 308 g/mol. The van der Waals surface area contributed by atoms with E-state index < -0.39 is 17.9 Å². The Bertz CT molecular complexity index is 693. The molecule has 2 aromatic rings. The van der Waals surface area contributed by atoms with Crippen molar-refractivity contribution in [3.05, 3.63) is 23.5 Å². The highest BCUT2D eigenvalue weighted by Crippen LogP contribution is 2.13. The van der Waals surface area contributed by atoms with Crippen molar-refractivity contribution in [3.63, 3.8) is 0 Å². The number of hydrogen-bond donors (Lipinski definition) is 2. The second-order valence-electron chi connectivity index (χ2n) is 4.68. The number of carboxylic acids is 1. The summed E-state index contributed by atoms with van der Waals surface area (Å²) in [5.74, 6) is -1.90. The Labute approximate surface area is 123 Å². The van der Waals surface area contributed by atoms with Gasteiger partial charge in [0, 0.05) is 24.3 Å². The largest absolute Gasteiger partial charge is 0.480 e. The van der Waals surface area contributed by atoms with Crippen LogP contribution in [-0.2, 0) is 20.8 Å². The number of nitrogens with one attached hydrogen (secondary N) is 1. The Hall–Kier alpha value is -2.42. The summed E-state index contributed by atoms with van der Waals surface area (Å²) in [6.07, 6.45) is 3.53. The third-order valence-corrected chi connectivity index (χ3v) is 4.03. The molecule has 1 aliphatic rings. The second-order valence-corrected chi connectivity index (χ2v) is 5.55. The highest BCUT2D eigenvalue weighted by atomic mass is 32.1. The van der Waals surface area contributed by atoms with Crippen LogP contribution in [0.5, 0.6) is 0 Å². The van der Waals surface area contributed by atoms with Gasteiger partial charge in [-0.3, -0.25) is 14.0 Å². The number of carbonyl (C=O) groups is 3. The van der Waals surface area contributed by atoms with Crippen LogP contribution in [0.4, 0.5) is 0 Å². The fraction of sp³-hybridized carbons (Fsp3) is 0.333. The maximum Gasteiger partial charge on any atom is 0.328 e. The molecule has 110 valence electrons. The number of aromatic nitrogens is 2. The van der Waals surface area contributed by atoms with Crippen LogP contribution in [0.25, 0.3) is 4.96 Å². The van der Waals surface area contributed by atoms with E-state index in [1.165, 1.54) is 11.3 Å². The normalized spacial score (nSPS) is 18.8. The maximum absolute atomic E-state index is 12.3. The molecule has 9 heteroatoms. The Morgan fingerprint density at radius 2 is 2.33 bits per heavy atom. The molecule has 1 fully saturated rings. The minimum absolute atomic E-state index is 0.0224. The van der Waals surface area contributed by atoms with Gasteiger partial charge in [-0.25, -0.2) is 9.78 Å². The summed E-state index contributed by atoms with van der Waals surface area (Å²) in [4.78, 5) is 41.0. The highest BCUT2D eigenvalue weighted by Gasteiger charge is 2.35. The van der Waals surface area contributed by atoms with E-state index in [2.05, 4.69) is 10.3 Å². The lowest BCUT2D eigenvalue weighted by Gasteiger charge is -2.32. The summed E-state index contributed by atoms with van der Waals surface area (Å²) < 4.78 is 1.80. The molecule has 0 radical (unpaired) electrons. The molecule has 0 spiro atoms. The van der Waals surface area contributed by atoms with Crippen molar-refractivity contribution in [3.8, 4) is 0 Å². The minimum Gasteiger partial charge on any atom is -0.480 e. The molecule has 8 nitrogen and oxygen atoms in total. The fourth-order valence-electron chi connectivity index (χ4n) is 2.24. The molecule has 0 saturated carbocycles. The molecule has 1 atom stereocenters. The number of carbonyl (C=O) groups excluding carboxylic acids is 2. The van der Waals surface area contributed by atoms with Gasteiger partial charge in [-0.15, -0.1) is 11.3 Å². The maximum atomic E-state index is 12.3. The van der Waals surface area contributed by atoms with Crippen molar-refractivity contribution in [1.82, 2.24) is 19.6 Å². The number of hydrogen-bond acceptors (Lipinski definition) is 5. The van der Waals surface area contributed by atoms with Crippen LogP contribution >= 0.6 is 11.3 Å². The van der Waals surface area contributed by atoms with Gasteiger partial charge in [0.15, 0.2) is 4.96 Å². The van der Waals surface area contributed by atoms with Crippen LogP contribution in [0.15, 0.2) is 17.8 Å². The summed E-state index contributed by atoms with van der Waals surface area (Å²) in [7, 11) is 0. The predicted octanol–water partition coefficient (Wildman–Crippen LogP) is -0.650. The van der Waals surface area contributed by atoms with E-state index in [-0.39, 0.29) is 25.4 Å². The molecule has 2 N–H and O–H groups in total. The zero-order valence-electron chi connectivity index (χ0n) is 10.9. The van der Waals surface area contributed by atoms with E-state index in [0.717, 1.165) is 9.86 Å². The first kappa shape index (κ1) is 13.6. The van der Waals surface area contributed by atoms with E-state index in [1.54, 1.807) is 10.6 Å². The molecule has 1 unspecified atom stereocenters. The fourth-order valence-corrected chi connectivity index (χ4v) is 2.96. The Kier molecular flexibility index (Phi) is 3.34. The molecule has 2 amide bonds. The number of nitrogens with zero attached hydrogens (tertiary/aromatic N) is 3. The smallest absolute Gasteiger partial charge is 0.328 e. The van der Waals surface area contributed by atoms with Gasteiger partial charge >= 0.3 is 5.97 Å². The van der Waals surface area contributed by atoms with Gasteiger partial charge in [0.05, 0.1) is 12.1 Å². The summed E-state index contributed by atoms with van der Waals surface area (Å²) in [6.45, 7) is -0.309. The van der Waals surface area contributed by atoms with E-state index in [1.807, 2.05) is 11.6 Å². The summed E-state index contributed by atoms with van der Waals surface area (Å²) >= 11 is 1.45. The molecule has 0 aliphatic carbocycles. The van der Waals surface area contributed by atoms with Crippen LogP contribution in [0, 0.1) is 0 Å². The number of amides is 2. The number of imidazole rings is 1. The molecular weight excluding hydrogens is 296 g/mol. The third kappa shape index (κ3) is 2.59. The third-order valence-electron chi connectivity index (χ3n) is 3.26. The number of piperazine rings is 1. The molecule has 2 aromatic heterocycles. The van der Waals surface area contributed by atoms with Gasteiger partial charge in [0.25, 0.3) is 0 Å². The number of aliphatic carboxylic acids is 1. The Morgan fingerprint density at radius 3 is 3.05 bits per heavy atom. The lowest BCUT2D eigenvalue weighted by molar-refractivity contribution is -0.153. The first-order valence-corrected chi connectivity index (χ1v) is 7.12. The standard InChI is InChI=1S/C12H12N4O4S/c17-9-6-16(8(4-13-9)11(19)20)10(18)3-7-5-15-1-2-21-12(15)14-7/h1-2,5,8H,3-4,6H2,(H,13,17)(H,19,20). The van der Waals surface area contributed by atoms with Gasteiger partial charge in [0.1, 0.15) is 12.6 Å². The van der Waals surface area contributed by atoms with Crippen molar-refractivity contribution in [2.75, 3.05) is 13.1 Å². The van der Waals surface area contributed by atoms with E-state index in [4.69, 9.17) is 5.11 Å². The average molecular weight is 308 g/mol. The van der Waals surface area contributed by atoms with Crippen LogP contribution in [0.1, 0.15) is 5.69 Å². The second kappa shape index (κ2) is 5.17. The zero-order chi connectivity index (χ0) is 15.0. The molecule has 3 rings (SSSR count). The van der Waals surface area contributed by atoms with Crippen LogP contribution in [-0.4, -0.2) is 56.3 Å². The van der Waals surface area contributed by atoms with E-state index >= 15 is 0 Å². The van der Waals surface area contributed by atoms with Crippen LogP contribution in [0.3, 0.4) is 0 Å². The molecule has 0 bridgehead atoms. The number of rotatable bonds is 3. The van der Waals surface area contributed by atoms with Crippen molar-refractivity contribution in [2.45, 2.75) is 12.5 Å². The van der Waals surface area contributed by atoms with Crippen LogP contribution in [0.2, 0.25) is 0 Å². The first-order chi connectivity index (χ1) is 10.0. The van der Waals surface area contributed by atoms with E-state index in [0.29, 0.717) is 5.69 Å². The summed E-state index contributed by atoms with van der Waals surface area (Å²) in [5.41, 5.74) is 0.557. The van der Waals surface area contributed by atoms with Gasteiger partial charge in [0.2, 0.25) is 11.8 Å². The quantitative estimate of drug-likeness (QED) is 0.784. The topological polar surface area (TPSA) is 104 Å². The number of carboxylic acid groups (broad SMARTS) is 1. The van der Waals surface area contributed by atoms with Gasteiger partial charge in [-0.2, -0.15) is 0 Å². The zero-order valence-corrected chi connectivity index (χ0v) is 11.7. The van der Waals surface area contributed by atoms with E-state index in [9.17, 15) is 14.4 Å². The SMILES string of the molecule is O=C1CN(C(=O)Cc2cn3ccsc3n2)C(C(=O)O)CN1. The number of fused-ring (bicyclic) bond motifs is 1. The first-order valence-electron chi connectivity index (χ1n) is 6.24. The molecular formula is C12H12N4O4S. The molecule has 3 heterocycles. The predicted molar refractivity (Wildman–Crippen MR) is 72.9 cm³/mol. The molecule has 1 aliphatic heterocycles. The molecule has 0 aromatic carbocycles. The van der Waals surface area contributed by atoms with Gasteiger partial charge in [-0.1, -0.05) is 0 Å². The molecule has 21 heavy (non-hydrogen) atoms. The van der Waals surface area contributed by atoms with Crippen molar-refractivity contribution >= 4 is 34.1 Å². The Morgan fingerprint density at radius 1 is 1.52 bits per heavy atom. The molecule has 1 saturated heterocycles. The lowest BCUT2D eigenvalue weighted by Crippen LogP contribution is -2.59. The van der Waals surface area contributed by atoms with Crippen molar-refractivity contribution in [2.24, 2.45) is 0 Å². The van der Waals surface area contributed by atoms with Gasteiger partial charge < -0.3 is 15.3 Å². The Balaban J connectivity index is 1.77. The lowest BCUT2D eigenvalue weighted by atomic mass is 10.1. The van der Waals surface area contributed by atoms with Crippen molar-refractivity contribution in [1.29, 1.82) is 0 Å².